The lowest BCUT2D eigenvalue weighted by Gasteiger charge is -2.28. The number of aromatic nitrogens is 4. The summed E-state index contributed by atoms with van der Waals surface area (Å²) in [6.45, 7) is 4.46. The summed E-state index contributed by atoms with van der Waals surface area (Å²) in [6.07, 6.45) is 5.44. The molecule has 2 aromatic heterocycles. The first kappa shape index (κ1) is 33.5. The summed E-state index contributed by atoms with van der Waals surface area (Å²) in [5, 5.41) is 16.6. The van der Waals surface area contributed by atoms with Crippen LogP contribution < -0.4 is 20.6 Å². The molecule has 3 aliphatic rings. The molecule has 0 unspecified atom stereocenters. The third-order valence-corrected chi connectivity index (χ3v) is 10.5. The maximum atomic E-state index is 14.2. The normalized spacial score (nSPS) is 25.9. The lowest BCUT2D eigenvalue weighted by molar-refractivity contribution is -0.150. The molecule has 0 aromatic carbocycles. The number of nitrogen functional groups attached to an aromatic ring is 1. The highest BCUT2D eigenvalue weighted by molar-refractivity contribution is 7.54. The van der Waals surface area contributed by atoms with Crippen LogP contribution in [0, 0.1) is 5.92 Å². The molecule has 1 saturated heterocycles. The van der Waals surface area contributed by atoms with Gasteiger partial charge in [-0.05, 0) is 65.2 Å². The second-order valence-electron chi connectivity index (χ2n) is 12.1. The van der Waals surface area contributed by atoms with Crippen LogP contribution >= 0.6 is 7.67 Å². The quantitative estimate of drug-likeness (QED) is 0.181. The second kappa shape index (κ2) is 14.3. The van der Waals surface area contributed by atoms with Gasteiger partial charge in [-0.25, -0.2) is 15.2 Å². The summed E-state index contributed by atoms with van der Waals surface area (Å²) in [6, 6.07) is -2.05. The fourth-order valence-corrected chi connectivity index (χ4v) is 7.84. The van der Waals surface area contributed by atoms with Crippen LogP contribution in [0.1, 0.15) is 78.4 Å². The molecule has 16 nitrogen and oxygen atoms in total. The van der Waals surface area contributed by atoms with Crippen molar-refractivity contribution < 1.29 is 42.7 Å². The first-order valence-electron chi connectivity index (χ1n) is 15.6. The number of anilines is 1. The number of rotatable bonds is 13. The van der Waals surface area contributed by atoms with E-state index in [0.29, 0.717) is 11.2 Å². The van der Waals surface area contributed by atoms with E-state index < -0.39 is 56.0 Å². The molecule has 0 radical (unpaired) electrons. The minimum absolute atomic E-state index is 0.0218. The van der Waals surface area contributed by atoms with E-state index in [1.54, 1.807) is 11.5 Å². The van der Waals surface area contributed by atoms with E-state index >= 15 is 0 Å². The SMILES string of the molecule is COc1nc(N)nc2c1ncn2[C@@H]1O[C@H](COP(=O)(N[C@@H](C)C(=O)OC2CCCC2)N[C@@H](C)C(=O)OC2CCCC2)[C@@H](O)[C@@H]1C. The molecule has 45 heavy (non-hydrogen) atoms. The van der Waals surface area contributed by atoms with Crippen LogP contribution in [0.15, 0.2) is 6.33 Å². The number of nitrogens with zero attached hydrogens (tertiary/aromatic N) is 4. The molecular weight excluding hydrogens is 609 g/mol. The van der Waals surface area contributed by atoms with Crippen molar-refractivity contribution in [2.75, 3.05) is 19.5 Å². The maximum Gasteiger partial charge on any atom is 0.342 e. The van der Waals surface area contributed by atoms with E-state index in [4.69, 9.17) is 29.2 Å². The van der Waals surface area contributed by atoms with Crippen LogP contribution in [-0.2, 0) is 32.9 Å². The molecule has 0 amide bonds. The Morgan fingerprint density at radius 2 is 1.62 bits per heavy atom. The first-order valence-corrected chi connectivity index (χ1v) is 17.2. The summed E-state index contributed by atoms with van der Waals surface area (Å²) in [5.41, 5.74) is 6.58. The van der Waals surface area contributed by atoms with Crippen molar-refractivity contribution in [3.05, 3.63) is 6.33 Å². The van der Waals surface area contributed by atoms with Crippen molar-refractivity contribution in [2.24, 2.45) is 5.92 Å². The molecule has 5 N–H and O–H groups in total. The van der Waals surface area contributed by atoms with E-state index in [2.05, 4.69) is 25.1 Å². The number of ether oxygens (including phenoxy) is 4. The van der Waals surface area contributed by atoms with Gasteiger partial charge in [0.1, 0.15) is 36.6 Å². The molecule has 0 spiro atoms. The van der Waals surface area contributed by atoms with Crippen molar-refractivity contribution in [2.45, 2.75) is 115 Å². The van der Waals surface area contributed by atoms with Gasteiger partial charge >= 0.3 is 19.6 Å². The van der Waals surface area contributed by atoms with E-state index in [0.717, 1.165) is 51.4 Å². The Morgan fingerprint density at radius 1 is 1.07 bits per heavy atom. The molecule has 3 fully saturated rings. The maximum absolute atomic E-state index is 14.2. The summed E-state index contributed by atoms with van der Waals surface area (Å²) in [7, 11) is -2.69. The van der Waals surface area contributed by atoms with Crippen LogP contribution in [0.5, 0.6) is 5.88 Å². The van der Waals surface area contributed by atoms with Gasteiger partial charge in [0.05, 0.1) is 26.1 Å². The van der Waals surface area contributed by atoms with Gasteiger partial charge in [0, 0.05) is 5.92 Å². The number of esters is 2. The van der Waals surface area contributed by atoms with E-state index in [1.165, 1.54) is 27.3 Å². The van der Waals surface area contributed by atoms with Crippen molar-refractivity contribution in [3.8, 4) is 5.88 Å². The first-order chi connectivity index (χ1) is 21.5. The van der Waals surface area contributed by atoms with Crippen molar-refractivity contribution in [3.63, 3.8) is 0 Å². The molecule has 3 heterocycles. The zero-order valence-electron chi connectivity index (χ0n) is 26.1. The molecule has 2 aromatic rings. The Labute approximate surface area is 261 Å². The summed E-state index contributed by atoms with van der Waals surface area (Å²) < 4.78 is 44.3. The van der Waals surface area contributed by atoms with Crippen LogP contribution in [-0.4, -0.2) is 86.8 Å². The smallest absolute Gasteiger partial charge is 0.342 e. The van der Waals surface area contributed by atoms with Crippen LogP contribution in [0.25, 0.3) is 11.2 Å². The van der Waals surface area contributed by atoms with Crippen LogP contribution in [0.4, 0.5) is 5.95 Å². The number of fused-ring (bicyclic) bond motifs is 1. The Bertz CT molecular complexity index is 1360. The Morgan fingerprint density at radius 3 is 2.16 bits per heavy atom. The highest BCUT2D eigenvalue weighted by Crippen LogP contribution is 2.43. The molecule has 2 aliphatic carbocycles. The molecule has 5 rings (SSSR count). The molecule has 6 atom stereocenters. The summed E-state index contributed by atoms with van der Waals surface area (Å²) in [5.74, 6) is -1.46. The molecule has 250 valence electrons. The summed E-state index contributed by atoms with van der Waals surface area (Å²) >= 11 is 0. The zero-order valence-corrected chi connectivity index (χ0v) is 27.0. The predicted molar refractivity (Wildman–Crippen MR) is 161 cm³/mol. The Kier molecular flexibility index (Phi) is 10.6. The van der Waals surface area contributed by atoms with Crippen LogP contribution in [0.2, 0.25) is 0 Å². The third kappa shape index (κ3) is 7.75. The van der Waals surface area contributed by atoms with Gasteiger partial charge in [-0.15, -0.1) is 0 Å². The van der Waals surface area contributed by atoms with E-state index in [1.807, 2.05) is 0 Å². The number of aliphatic hydroxyl groups is 1. The number of aliphatic hydroxyl groups excluding tert-OH is 1. The topological polar surface area (TPSA) is 211 Å². The number of imidazole rings is 1. The van der Waals surface area contributed by atoms with Crippen molar-refractivity contribution in [1.29, 1.82) is 0 Å². The summed E-state index contributed by atoms with van der Waals surface area (Å²) in [4.78, 5) is 38.3. The fourth-order valence-electron chi connectivity index (χ4n) is 6.03. The van der Waals surface area contributed by atoms with E-state index in [-0.39, 0.29) is 30.6 Å². The van der Waals surface area contributed by atoms with Gasteiger partial charge in [-0.1, -0.05) is 6.92 Å². The average molecular weight is 654 g/mol. The minimum atomic E-state index is -4.13. The van der Waals surface area contributed by atoms with Crippen molar-refractivity contribution in [1.82, 2.24) is 29.7 Å². The van der Waals surface area contributed by atoms with Gasteiger partial charge in [-0.2, -0.15) is 9.97 Å². The lowest BCUT2D eigenvalue weighted by atomic mass is 10.0. The molecule has 17 heteroatoms. The van der Waals surface area contributed by atoms with Crippen molar-refractivity contribution >= 4 is 36.7 Å². The Balaban J connectivity index is 1.29. The number of nitrogens with two attached hydrogens (primary N) is 1. The van der Waals surface area contributed by atoms with Gasteiger partial charge in [-0.3, -0.25) is 18.7 Å². The standard InChI is InChI=1S/C28H44N7O9P/c1-15-22(36)20(44-25(15)35-14-30-21-23(35)31-28(29)32-24(21)40-4)13-41-45(39,33-16(2)26(37)42-18-9-5-6-10-18)34-17(3)27(38)43-19-11-7-8-12-19/h14-20,22,25,36H,5-13H2,1-4H3,(H2,29,31,32)(H2,33,34,39)/t15-,16-,17-,20+,22-,25+/m0/s1. The number of nitrogens with one attached hydrogen (secondary N) is 2. The highest BCUT2D eigenvalue weighted by Gasteiger charge is 2.44. The number of carbonyl (C=O) groups is 2. The van der Waals surface area contributed by atoms with Gasteiger partial charge in [0.25, 0.3) is 0 Å². The monoisotopic (exact) mass is 653 g/mol. The highest BCUT2D eigenvalue weighted by atomic mass is 31.2. The fraction of sp³-hybridized carbons (Fsp3) is 0.750. The lowest BCUT2D eigenvalue weighted by Crippen LogP contribution is -2.44. The van der Waals surface area contributed by atoms with Gasteiger partial charge in [0.2, 0.25) is 11.8 Å². The average Bonchev–Trinajstić information content (AvgIpc) is 3.82. The molecule has 2 saturated carbocycles. The number of carbonyl (C=O) groups excluding carboxylic acids is 2. The van der Waals surface area contributed by atoms with E-state index in [9.17, 15) is 19.3 Å². The Hall–Kier alpha value is -2.88. The third-order valence-electron chi connectivity index (χ3n) is 8.58. The molecule has 1 aliphatic heterocycles. The van der Waals surface area contributed by atoms with Gasteiger partial charge < -0.3 is 34.3 Å². The zero-order chi connectivity index (χ0) is 32.3. The van der Waals surface area contributed by atoms with Crippen LogP contribution in [0.3, 0.4) is 0 Å². The predicted octanol–water partition coefficient (Wildman–Crippen LogP) is 2.36. The number of methoxy groups -OCH3 is 1. The number of hydrogen-bond donors (Lipinski definition) is 4. The molecular formula is C28H44N7O9P. The second-order valence-corrected chi connectivity index (χ2v) is 13.9. The van der Waals surface area contributed by atoms with Gasteiger partial charge in [0.15, 0.2) is 11.2 Å². The molecule has 0 bridgehead atoms. The minimum Gasteiger partial charge on any atom is -0.479 e. The number of hydrogen-bond acceptors (Lipinski definition) is 13. The largest absolute Gasteiger partial charge is 0.479 e.